The van der Waals surface area contributed by atoms with Gasteiger partial charge in [0.2, 0.25) is 17.7 Å². The molecule has 0 aromatic heterocycles. The second-order valence-electron chi connectivity index (χ2n) is 7.76. The molecule has 2 aromatic carbocycles. The zero-order valence-electron chi connectivity index (χ0n) is 19.3. The summed E-state index contributed by atoms with van der Waals surface area (Å²) in [5, 5.41) is 5.52. The first kappa shape index (κ1) is 23.9. The Labute approximate surface area is 193 Å². The van der Waals surface area contributed by atoms with E-state index < -0.39 is 5.92 Å². The summed E-state index contributed by atoms with van der Waals surface area (Å²) in [5.74, 6) is 0.727. The SMILES string of the molecule is COc1ccc(NC(C)=O)c(NC(=O)C2CC(=O)N(CCc3ccc(OC)c(OC)c3)C2)c1. The zero-order valence-corrected chi connectivity index (χ0v) is 19.3. The quantitative estimate of drug-likeness (QED) is 0.602. The highest BCUT2D eigenvalue weighted by atomic mass is 16.5. The van der Waals surface area contributed by atoms with Crippen LogP contribution in [0.15, 0.2) is 36.4 Å². The lowest BCUT2D eigenvalue weighted by molar-refractivity contribution is -0.128. The summed E-state index contributed by atoms with van der Waals surface area (Å²) < 4.78 is 15.8. The molecule has 1 unspecified atom stereocenters. The molecule has 0 aliphatic carbocycles. The van der Waals surface area contributed by atoms with E-state index in [0.29, 0.717) is 48.1 Å². The maximum Gasteiger partial charge on any atom is 0.229 e. The number of methoxy groups -OCH3 is 3. The molecule has 3 amide bonds. The van der Waals surface area contributed by atoms with Crippen LogP contribution in [0.25, 0.3) is 0 Å². The first-order chi connectivity index (χ1) is 15.8. The fourth-order valence-electron chi connectivity index (χ4n) is 3.75. The van der Waals surface area contributed by atoms with Gasteiger partial charge >= 0.3 is 0 Å². The molecule has 33 heavy (non-hydrogen) atoms. The molecule has 2 N–H and O–H groups in total. The number of nitrogens with zero attached hydrogens (tertiary/aromatic N) is 1. The van der Waals surface area contributed by atoms with Gasteiger partial charge in [-0.3, -0.25) is 14.4 Å². The van der Waals surface area contributed by atoms with Gasteiger partial charge in [-0.2, -0.15) is 0 Å². The summed E-state index contributed by atoms with van der Waals surface area (Å²) in [6, 6.07) is 10.6. The van der Waals surface area contributed by atoms with Gasteiger partial charge in [0, 0.05) is 32.5 Å². The van der Waals surface area contributed by atoms with E-state index in [1.807, 2.05) is 18.2 Å². The lowest BCUT2D eigenvalue weighted by Gasteiger charge is -2.18. The van der Waals surface area contributed by atoms with Crippen LogP contribution >= 0.6 is 0 Å². The molecule has 1 aliphatic heterocycles. The smallest absolute Gasteiger partial charge is 0.229 e. The topological polar surface area (TPSA) is 106 Å². The van der Waals surface area contributed by atoms with E-state index >= 15 is 0 Å². The number of benzene rings is 2. The average Bonchev–Trinajstić information content (AvgIpc) is 3.18. The number of carbonyl (C=O) groups is 3. The van der Waals surface area contributed by atoms with Crippen molar-refractivity contribution in [3.63, 3.8) is 0 Å². The Hall–Kier alpha value is -3.75. The van der Waals surface area contributed by atoms with Crippen LogP contribution in [0, 0.1) is 5.92 Å². The molecule has 1 saturated heterocycles. The summed E-state index contributed by atoms with van der Waals surface area (Å²) in [6.45, 7) is 2.22. The summed E-state index contributed by atoms with van der Waals surface area (Å²) in [6.07, 6.45) is 0.764. The lowest BCUT2D eigenvalue weighted by Crippen LogP contribution is -2.30. The molecule has 1 fully saturated rings. The van der Waals surface area contributed by atoms with Gasteiger partial charge in [-0.1, -0.05) is 6.07 Å². The van der Waals surface area contributed by atoms with E-state index in [1.54, 1.807) is 37.3 Å². The highest BCUT2D eigenvalue weighted by Crippen LogP contribution is 2.30. The van der Waals surface area contributed by atoms with Gasteiger partial charge < -0.3 is 29.7 Å². The minimum atomic E-state index is -0.487. The fraction of sp³-hybridized carbons (Fsp3) is 0.375. The molecule has 1 aliphatic rings. The van der Waals surface area contributed by atoms with E-state index in [9.17, 15) is 14.4 Å². The van der Waals surface area contributed by atoms with Crippen molar-refractivity contribution < 1.29 is 28.6 Å². The van der Waals surface area contributed by atoms with Gasteiger partial charge in [0.05, 0.1) is 38.6 Å². The molecule has 0 saturated carbocycles. The van der Waals surface area contributed by atoms with Crippen LogP contribution in [-0.4, -0.2) is 57.0 Å². The molecule has 0 spiro atoms. The number of likely N-dealkylation sites (tertiary alicyclic amines) is 1. The first-order valence-corrected chi connectivity index (χ1v) is 10.6. The second-order valence-corrected chi connectivity index (χ2v) is 7.76. The van der Waals surface area contributed by atoms with Crippen molar-refractivity contribution >= 4 is 29.1 Å². The summed E-state index contributed by atoms with van der Waals surface area (Å²) >= 11 is 0. The van der Waals surface area contributed by atoms with Gasteiger partial charge in [-0.15, -0.1) is 0 Å². The van der Waals surface area contributed by atoms with Crippen molar-refractivity contribution in [3.05, 3.63) is 42.0 Å². The fourth-order valence-corrected chi connectivity index (χ4v) is 3.75. The summed E-state index contributed by atoms with van der Waals surface area (Å²) in [5.41, 5.74) is 1.89. The largest absolute Gasteiger partial charge is 0.497 e. The van der Waals surface area contributed by atoms with Crippen molar-refractivity contribution in [2.24, 2.45) is 5.92 Å². The van der Waals surface area contributed by atoms with E-state index in [0.717, 1.165) is 5.56 Å². The predicted molar refractivity (Wildman–Crippen MR) is 124 cm³/mol. The van der Waals surface area contributed by atoms with Crippen molar-refractivity contribution in [1.29, 1.82) is 0 Å². The Balaban J connectivity index is 1.63. The Morgan fingerprint density at radius 1 is 0.970 bits per heavy atom. The highest BCUT2D eigenvalue weighted by Gasteiger charge is 2.34. The van der Waals surface area contributed by atoms with Gasteiger partial charge in [0.15, 0.2) is 11.5 Å². The van der Waals surface area contributed by atoms with E-state index in [2.05, 4.69) is 10.6 Å². The molecule has 9 heteroatoms. The van der Waals surface area contributed by atoms with Crippen molar-refractivity contribution in [2.45, 2.75) is 19.8 Å². The lowest BCUT2D eigenvalue weighted by atomic mass is 10.1. The third-order valence-corrected chi connectivity index (χ3v) is 5.50. The number of amides is 3. The van der Waals surface area contributed by atoms with Crippen molar-refractivity contribution in [1.82, 2.24) is 4.90 Å². The van der Waals surface area contributed by atoms with Crippen LogP contribution < -0.4 is 24.8 Å². The summed E-state index contributed by atoms with van der Waals surface area (Å²) in [4.78, 5) is 38.6. The third kappa shape index (κ3) is 5.94. The first-order valence-electron chi connectivity index (χ1n) is 10.6. The Morgan fingerprint density at radius 3 is 2.39 bits per heavy atom. The van der Waals surface area contributed by atoms with E-state index in [-0.39, 0.29) is 24.1 Å². The average molecular weight is 456 g/mol. The van der Waals surface area contributed by atoms with Crippen LogP contribution in [-0.2, 0) is 20.8 Å². The van der Waals surface area contributed by atoms with Crippen LogP contribution in [0.1, 0.15) is 18.9 Å². The molecule has 9 nitrogen and oxygen atoms in total. The number of nitrogens with one attached hydrogen (secondary N) is 2. The minimum absolute atomic E-state index is 0.0663. The molecule has 0 radical (unpaired) electrons. The van der Waals surface area contributed by atoms with Crippen LogP contribution in [0.3, 0.4) is 0 Å². The zero-order chi connectivity index (χ0) is 24.0. The molecule has 3 rings (SSSR count). The molecule has 2 aromatic rings. The number of hydrogen-bond acceptors (Lipinski definition) is 6. The Morgan fingerprint density at radius 2 is 1.73 bits per heavy atom. The maximum absolute atomic E-state index is 12.9. The predicted octanol–water partition coefficient (Wildman–Crippen LogP) is 2.70. The number of carbonyl (C=O) groups excluding carboxylic acids is 3. The van der Waals surface area contributed by atoms with Crippen molar-refractivity contribution in [2.75, 3.05) is 45.1 Å². The Kier molecular flexibility index (Phi) is 7.76. The van der Waals surface area contributed by atoms with E-state index in [4.69, 9.17) is 14.2 Å². The molecular weight excluding hydrogens is 426 g/mol. The van der Waals surface area contributed by atoms with Gasteiger partial charge in [0.25, 0.3) is 0 Å². The minimum Gasteiger partial charge on any atom is -0.497 e. The molecule has 176 valence electrons. The van der Waals surface area contributed by atoms with Gasteiger partial charge in [-0.05, 0) is 36.2 Å². The second kappa shape index (κ2) is 10.7. The van der Waals surface area contributed by atoms with Gasteiger partial charge in [0.1, 0.15) is 5.75 Å². The third-order valence-electron chi connectivity index (χ3n) is 5.50. The highest BCUT2D eigenvalue weighted by molar-refractivity contribution is 6.02. The number of anilines is 2. The van der Waals surface area contributed by atoms with Crippen LogP contribution in [0.4, 0.5) is 11.4 Å². The number of rotatable bonds is 9. The molecular formula is C24H29N3O6. The van der Waals surface area contributed by atoms with Gasteiger partial charge in [-0.25, -0.2) is 0 Å². The van der Waals surface area contributed by atoms with Crippen LogP contribution in [0.5, 0.6) is 17.2 Å². The Bertz CT molecular complexity index is 1040. The van der Waals surface area contributed by atoms with E-state index in [1.165, 1.54) is 14.0 Å². The standard InChI is InChI=1S/C24H29N3O6/c1-15(28)25-19-7-6-18(31-2)13-20(19)26-24(30)17-12-23(29)27(14-17)10-9-16-5-8-21(32-3)22(11-16)33-4/h5-8,11,13,17H,9-10,12,14H2,1-4H3,(H,25,28)(H,26,30). The summed E-state index contributed by atoms with van der Waals surface area (Å²) in [7, 11) is 4.68. The number of ether oxygens (including phenoxy) is 3. The maximum atomic E-state index is 12.9. The molecule has 0 bridgehead atoms. The monoisotopic (exact) mass is 455 g/mol. The van der Waals surface area contributed by atoms with Crippen LogP contribution in [0.2, 0.25) is 0 Å². The molecule has 1 heterocycles. The van der Waals surface area contributed by atoms with Crippen molar-refractivity contribution in [3.8, 4) is 17.2 Å². The normalized spacial score (nSPS) is 15.2. The number of hydrogen-bond donors (Lipinski definition) is 2. The molecule has 1 atom stereocenters.